The Kier molecular flexibility index (Phi) is 3.27. The van der Waals surface area contributed by atoms with Gasteiger partial charge in [0, 0.05) is 11.9 Å². The van der Waals surface area contributed by atoms with E-state index in [1.807, 2.05) is 6.92 Å². The highest BCUT2D eigenvalue weighted by Crippen LogP contribution is 2.22. The van der Waals surface area contributed by atoms with Crippen LogP contribution in [-0.2, 0) is 4.79 Å². The minimum Gasteiger partial charge on any atom is -0.292 e. The monoisotopic (exact) mass is 336 g/mol. The molecule has 3 aromatic rings. The SMILES string of the molecule is Cc1ccnc2nc(NC(=O)CN3C(=O)c4ccccc4C3=O)nn12. The van der Waals surface area contributed by atoms with E-state index in [0.29, 0.717) is 16.9 Å². The molecule has 0 saturated carbocycles. The van der Waals surface area contributed by atoms with Crippen LogP contribution in [-0.4, -0.2) is 48.7 Å². The third kappa shape index (κ3) is 2.42. The van der Waals surface area contributed by atoms with Crippen molar-refractivity contribution in [1.29, 1.82) is 0 Å². The van der Waals surface area contributed by atoms with E-state index in [1.165, 1.54) is 4.52 Å². The van der Waals surface area contributed by atoms with E-state index < -0.39 is 24.3 Å². The molecular formula is C16H12N6O3. The van der Waals surface area contributed by atoms with Crippen molar-refractivity contribution in [3.8, 4) is 0 Å². The summed E-state index contributed by atoms with van der Waals surface area (Å²) in [5.74, 6) is -1.14. The van der Waals surface area contributed by atoms with Crippen molar-refractivity contribution in [2.24, 2.45) is 0 Å². The van der Waals surface area contributed by atoms with Gasteiger partial charge in [-0.3, -0.25) is 24.6 Å². The second-order valence-electron chi connectivity index (χ2n) is 5.52. The summed E-state index contributed by atoms with van der Waals surface area (Å²) < 4.78 is 1.48. The molecule has 0 spiro atoms. The number of rotatable bonds is 3. The van der Waals surface area contributed by atoms with Crippen LogP contribution in [0.3, 0.4) is 0 Å². The van der Waals surface area contributed by atoms with Crippen LogP contribution in [0.4, 0.5) is 5.95 Å². The van der Waals surface area contributed by atoms with E-state index in [4.69, 9.17) is 0 Å². The zero-order valence-electron chi connectivity index (χ0n) is 13.1. The Morgan fingerprint density at radius 3 is 2.44 bits per heavy atom. The lowest BCUT2D eigenvalue weighted by molar-refractivity contribution is -0.116. The minimum atomic E-state index is -0.567. The first kappa shape index (κ1) is 14.9. The van der Waals surface area contributed by atoms with Gasteiger partial charge in [0.1, 0.15) is 6.54 Å². The quantitative estimate of drug-likeness (QED) is 0.704. The summed E-state index contributed by atoms with van der Waals surface area (Å²) in [6.45, 7) is 1.42. The summed E-state index contributed by atoms with van der Waals surface area (Å²) in [6, 6.07) is 8.22. The van der Waals surface area contributed by atoms with E-state index in [0.717, 1.165) is 10.6 Å². The maximum Gasteiger partial charge on any atom is 0.262 e. The lowest BCUT2D eigenvalue weighted by Crippen LogP contribution is -2.37. The largest absolute Gasteiger partial charge is 0.292 e. The molecule has 124 valence electrons. The highest BCUT2D eigenvalue weighted by atomic mass is 16.2. The Morgan fingerprint density at radius 2 is 1.80 bits per heavy atom. The Labute approximate surface area is 141 Å². The number of anilines is 1. The number of carbonyl (C=O) groups is 3. The molecule has 0 saturated heterocycles. The number of amides is 3. The summed E-state index contributed by atoms with van der Waals surface area (Å²) in [5.41, 5.74) is 1.40. The molecule has 0 atom stereocenters. The van der Waals surface area contributed by atoms with Gasteiger partial charge in [-0.05, 0) is 25.1 Å². The molecule has 0 fully saturated rings. The van der Waals surface area contributed by atoms with Gasteiger partial charge in [0.2, 0.25) is 5.91 Å². The van der Waals surface area contributed by atoms with Crippen LogP contribution in [0.15, 0.2) is 36.5 Å². The zero-order chi connectivity index (χ0) is 17.6. The van der Waals surface area contributed by atoms with Crippen molar-refractivity contribution in [2.75, 3.05) is 11.9 Å². The normalized spacial score (nSPS) is 13.4. The van der Waals surface area contributed by atoms with Crippen molar-refractivity contribution in [3.05, 3.63) is 53.3 Å². The summed E-state index contributed by atoms with van der Waals surface area (Å²) in [4.78, 5) is 45.8. The number of aromatic nitrogens is 4. The van der Waals surface area contributed by atoms with Crippen LogP contribution >= 0.6 is 0 Å². The predicted molar refractivity (Wildman–Crippen MR) is 86.0 cm³/mol. The smallest absolute Gasteiger partial charge is 0.262 e. The van der Waals surface area contributed by atoms with Crippen LogP contribution in [0.25, 0.3) is 5.78 Å². The fourth-order valence-corrected chi connectivity index (χ4v) is 2.65. The lowest BCUT2D eigenvalue weighted by Gasteiger charge is -2.12. The first-order valence-corrected chi connectivity index (χ1v) is 7.48. The second-order valence-corrected chi connectivity index (χ2v) is 5.52. The molecule has 0 radical (unpaired) electrons. The Balaban J connectivity index is 1.52. The van der Waals surface area contributed by atoms with Gasteiger partial charge in [-0.25, -0.2) is 4.98 Å². The van der Waals surface area contributed by atoms with E-state index in [1.54, 1.807) is 36.5 Å². The average Bonchev–Trinajstić information content (AvgIpc) is 3.11. The van der Waals surface area contributed by atoms with Gasteiger partial charge in [-0.2, -0.15) is 9.50 Å². The topological polar surface area (TPSA) is 110 Å². The second kappa shape index (κ2) is 5.48. The molecule has 9 heteroatoms. The number of hydrogen-bond donors (Lipinski definition) is 1. The average molecular weight is 336 g/mol. The predicted octanol–water partition coefficient (Wildman–Crippen LogP) is 0.667. The van der Waals surface area contributed by atoms with E-state index in [2.05, 4.69) is 20.4 Å². The van der Waals surface area contributed by atoms with Crippen LogP contribution < -0.4 is 5.32 Å². The van der Waals surface area contributed by atoms with Crippen LogP contribution in [0, 0.1) is 6.92 Å². The molecule has 2 aromatic heterocycles. The molecule has 25 heavy (non-hydrogen) atoms. The molecule has 0 bridgehead atoms. The molecular weight excluding hydrogens is 324 g/mol. The first-order chi connectivity index (χ1) is 12.0. The summed E-state index contributed by atoms with van der Waals surface area (Å²) >= 11 is 0. The van der Waals surface area contributed by atoms with Crippen molar-refractivity contribution >= 4 is 29.4 Å². The van der Waals surface area contributed by atoms with Crippen LogP contribution in [0.5, 0.6) is 0 Å². The molecule has 1 aromatic carbocycles. The number of nitrogens with one attached hydrogen (secondary N) is 1. The van der Waals surface area contributed by atoms with Gasteiger partial charge in [0.25, 0.3) is 23.5 Å². The highest BCUT2D eigenvalue weighted by Gasteiger charge is 2.36. The van der Waals surface area contributed by atoms with Gasteiger partial charge >= 0.3 is 0 Å². The van der Waals surface area contributed by atoms with Gasteiger partial charge in [0.15, 0.2) is 0 Å². The molecule has 3 amide bonds. The third-order valence-electron chi connectivity index (χ3n) is 3.86. The standard InChI is InChI=1S/C16H12N6O3/c1-9-6-7-17-16-19-15(20-22(9)16)18-12(23)8-21-13(24)10-4-2-3-5-11(10)14(21)25/h2-7H,8H2,1H3,(H,18,20,23). The van der Waals surface area contributed by atoms with Gasteiger partial charge in [-0.1, -0.05) is 12.1 Å². The van der Waals surface area contributed by atoms with Gasteiger partial charge in [0.05, 0.1) is 11.1 Å². The van der Waals surface area contributed by atoms with Crippen LogP contribution in [0.1, 0.15) is 26.4 Å². The Morgan fingerprint density at radius 1 is 1.12 bits per heavy atom. The zero-order valence-corrected chi connectivity index (χ0v) is 13.1. The molecule has 1 aliphatic heterocycles. The summed E-state index contributed by atoms with van der Waals surface area (Å²) in [6.07, 6.45) is 1.59. The fraction of sp³-hybridized carbons (Fsp3) is 0.125. The highest BCUT2D eigenvalue weighted by molar-refractivity contribution is 6.22. The number of aryl methyl sites for hydroxylation is 1. The van der Waals surface area contributed by atoms with Crippen molar-refractivity contribution in [3.63, 3.8) is 0 Å². The van der Waals surface area contributed by atoms with Gasteiger partial charge in [-0.15, -0.1) is 5.10 Å². The number of nitrogens with zero attached hydrogens (tertiary/aromatic N) is 5. The maximum absolute atomic E-state index is 12.3. The van der Waals surface area contributed by atoms with Crippen molar-refractivity contribution in [1.82, 2.24) is 24.5 Å². The van der Waals surface area contributed by atoms with Crippen molar-refractivity contribution < 1.29 is 14.4 Å². The third-order valence-corrected chi connectivity index (χ3v) is 3.86. The van der Waals surface area contributed by atoms with E-state index >= 15 is 0 Å². The van der Waals surface area contributed by atoms with Gasteiger partial charge < -0.3 is 0 Å². The summed E-state index contributed by atoms with van der Waals surface area (Å²) in [5, 5.41) is 6.61. The molecule has 0 aliphatic carbocycles. The maximum atomic E-state index is 12.3. The fourth-order valence-electron chi connectivity index (χ4n) is 2.65. The minimum absolute atomic E-state index is 0.0587. The van der Waals surface area contributed by atoms with E-state index in [-0.39, 0.29) is 5.95 Å². The molecule has 9 nitrogen and oxygen atoms in total. The Bertz CT molecular complexity index is 1010. The number of imide groups is 1. The van der Waals surface area contributed by atoms with Crippen molar-refractivity contribution in [2.45, 2.75) is 6.92 Å². The summed E-state index contributed by atoms with van der Waals surface area (Å²) in [7, 11) is 0. The number of benzene rings is 1. The molecule has 3 heterocycles. The molecule has 0 unspecified atom stereocenters. The Hall–Kier alpha value is -3.62. The lowest BCUT2D eigenvalue weighted by atomic mass is 10.1. The first-order valence-electron chi connectivity index (χ1n) is 7.48. The number of hydrogen-bond acceptors (Lipinski definition) is 6. The molecule has 1 N–H and O–H groups in total. The number of fused-ring (bicyclic) bond motifs is 2. The van der Waals surface area contributed by atoms with E-state index in [9.17, 15) is 14.4 Å². The molecule has 1 aliphatic rings. The van der Waals surface area contributed by atoms with Crippen LogP contribution in [0.2, 0.25) is 0 Å². The number of carbonyl (C=O) groups excluding carboxylic acids is 3. The molecule has 4 rings (SSSR count).